The molecule has 21 heavy (non-hydrogen) atoms. The molecule has 0 N–H and O–H groups in total. The fourth-order valence-electron chi connectivity index (χ4n) is 2.09. The van der Waals surface area contributed by atoms with Crippen LogP contribution in [0.25, 0.3) is 0 Å². The molecule has 0 radical (unpaired) electrons. The summed E-state index contributed by atoms with van der Waals surface area (Å²) < 4.78 is 25.6. The number of hydrogen-bond acceptors (Lipinski definition) is 3. The first-order valence-corrected chi connectivity index (χ1v) is 7.60. The molecule has 1 amide bonds. The summed E-state index contributed by atoms with van der Waals surface area (Å²) >= 11 is 3.22. The predicted octanol–water partition coefficient (Wildman–Crippen LogP) is 3.90. The summed E-state index contributed by atoms with van der Waals surface area (Å²) in [6, 6.07) is 4.82. The highest BCUT2D eigenvalue weighted by Crippen LogP contribution is 2.27. The molecule has 0 spiro atoms. The minimum atomic E-state index is -0.548. The van der Waals surface area contributed by atoms with E-state index in [1.807, 2.05) is 20.8 Å². The average molecular weight is 360 g/mol. The third kappa shape index (κ3) is 4.41. The summed E-state index contributed by atoms with van der Waals surface area (Å²) in [4.78, 5) is 13.6. The summed E-state index contributed by atoms with van der Waals surface area (Å²) in [6.45, 7) is 6.54. The van der Waals surface area contributed by atoms with Crippen molar-refractivity contribution in [3.8, 4) is 0 Å². The first-order valence-electron chi connectivity index (χ1n) is 6.81. The molecule has 1 saturated heterocycles. The van der Waals surface area contributed by atoms with Crippen molar-refractivity contribution in [1.29, 1.82) is 0 Å². The Balaban J connectivity index is 2.08. The summed E-state index contributed by atoms with van der Waals surface area (Å²) in [7, 11) is 0. The van der Waals surface area contributed by atoms with Crippen LogP contribution in [-0.2, 0) is 9.47 Å². The van der Waals surface area contributed by atoms with Crippen LogP contribution in [0.5, 0.6) is 0 Å². The smallest absolute Gasteiger partial charge is 0.410 e. The Morgan fingerprint density at radius 1 is 1.48 bits per heavy atom. The lowest BCUT2D eigenvalue weighted by Crippen LogP contribution is -2.44. The first-order chi connectivity index (χ1) is 9.76. The molecule has 1 atom stereocenters. The Hall–Kier alpha value is -1.14. The maximum atomic E-state index is 14.0. The highest BCUT2D eigenvalue weighted by atomic mass is 79.9. The molecule has 1 aromatic rings. The van der Waals surface area contributed by atoms with Crippen LogP contribution in [-0.4, -0.2) is 36.3 Å². The van der Waals surface area contributed by atoms with Crippen LogP contribution in [0.3, 0.4) is 0 Å². The quantitative estimate of drug-likeness (QED) is 0.763. The summed E-state index contributed by atoms with van der Waals surface area (Å²) in [6.07, 6.45) is -0.868. The molecule has 0 aromatic heterocycles. The lowest BCUT2D eigenvalue weighted by Gasteiger charge is -2.34. The van der Waals surface area contributed by atoms with Gasteiger partial charge in [-0.1, -0.05) is 22.0 Å². The molecular weight excluding hydrogens is 341 g/mol. The van der Waals surface area contributed by atoms with E-state index in [-0.39, 0.29) is 12.4 Å². The van der Waals surface area contributed by atoms with Crippen molar-refractivity contribution in [2.75, 3.05) is 19.7 Å². The second-order valence-electron chi connectivity index (χ2n) is 5.95. The van der Waals surface area contributed by atoms with E-state index in [1.54, 1.807) is 17.0 Å². The molecule has 0 bridgehead atoms. The zero-order valence-corrected chi connectivity index (χ0v) is 13.9. The van der Waals surface area contributed by atoms with Gasteiger partial charge in [-0.3, -0.25) is 0 Å². The van der Waals surface area contributed by atoms with E-state index in [2.05, 4.69) is 15.9 Å². The van der Waals surface area contributed by atoms with E-state index < -0.39 is 17.8 Å². The number of morpholine rings is 1. The molecule has 0 unspecified atom stereocenters. The molecule has 116 valence electrons. The van der Waals surface area contributed by atoms with Crippen LogP contribution < -0.4 is 0 Å². The van der Waals surface area contributed by atoms with Crippen LogP contribution in [0.4, 0.5) is 9.18 Å². The largest absolute Gasteiger partial charge is 0.444 e. The lowest BCUT2D eigenvalue weighted by atomic mass is 10.1. The van der Waals surface area contributed by atoms with Crippen LogP contribution in [0.15, 0.2) is 22.7 Å². The maximum Gasteiger partial charge on any atom is 0.410 e. The summed E-state index contributed by atoms with van der Waals surface area (Å²) in [5, 5.41) is 0. The van der Waals surface area contributed by atoms with E-state index in [4.69, 9.17) is 9.47 Å². The molecular formula is C15H19BrFNO3. The number of rotatable bonds is 1. The van der Waals surface area contributed by atoms with Crippen molar-refractivity contribution < 1.29 is 18.7 Å². The number of ether oxygens (including phenoxy) is 2. The van der Waals surface area contributed by atoms with E-state index in [0.29, 0.717) is 23.2 Å². The van der Waals surface area contributed by atoms with Crippen molar-refractivity contribution in [2.45, 2.75) is 32.5 Å². The van der Waals surface area contributed by atoms with Gasteiger partial charge in [0.25, 0.3) is 0 Å². The van der Waals surface area contributed by atoms with Gasteiger partial charge in [0.1, 0.15) is 17.5 Å². The number of halogens is 2. The monoisotopic (exact) mass is 359 g/mol. The molecule has 2 rings (SSSR count). The summed E-state index contributed by atoms with van der Waals surface area (Å²) in [5.74, 6) is -0.347. The SMILES string of the molecule is CC(C)(C)OC(=O)N1CCO[C@@H](c2ccc(Br)cc2F)C1. The second-order valence-corrected chi connectivity index (χ2v) is 6.87. The van der Waals surface area contributed by atoms with Crippen molar-refractivity contribution in [1.82, 2.24) is 4.90 Å². The Labute approximate surface area is 132 Å². The van der Waals surface area contributed by atoms with Crippen molar-refractivity contribution >= 4 is 22.0 Å². The fourth-order valence-corrected chi connectivity index (χ4v) is 2.43. The van der Waals surface area contributed by atoms with Gasteiger partial charge in [0.05, 0.1) is 13.2 Å². The number of amides is 1. The molecule has 1 fully saturated rings. The Morgan fingerprint density at radius 2 is 2.19 bits per heavy atom. The topological polar surface area (TPSA) is 38.8 Å². The van der Waals surface area contributed by atoms with Gasteiger partial charge in [0.15, 0.2) is 0 Å². The zero-order chi connectivity index (χ0) is 15.6. The van der Waals surface area contributed by atoms with Gasteiger partial charge in [-0.15, -0.1) is 0 Å². The number of carbonyl (C=O) groups excluding carboxylic acids is 1. The maximum absolute atomic E-state index is 14.0. The Morgan fingerprint density at radius 3 is 2.81 bits per heavy atom. The normalized spacial score (nSPS) is 19.5. The third-order valence-corrected chi connectivity index (χ3v) is 3.52. The minimum absolute atomic E-state index is 0.285. The van der Waals surface area contributed by atoms with E-state index in [0.717, 1.165) is 0 Å². The van der Waals surface area contributed by atoms with E-state index >= 15 is 0 Å². The average Bonchev–Trinajstić information content (AvgIpc) is 2.37. The molecule has 6 heteroatoms. The van der Waals surface area contributed by atoms with E-state index in [9.17, 15) is 9.18 Å². The zero-order valence-electron chi connectivity index (χ0n) is 12.4. The molecule has 1 heterocycles. The van der Waals surface area contributed by atoms with Crippen LogP contribution >= 0.6 is 15.9 Å². The van der Waals surface area contributed by atoms with Crippen LogP contribution in [0.2, 0.25) is 0 Å². The molecule has 4 nitrogen and oxygen atoms in total. The van der Waals surface area contributed by atoms with Crippen molar-refractivity contribution in [3.63, 3.8) is 0 Å². The third-order valence-electron chi connectivity index (χ3n) is 3.03. The Kier molecular flexibility index (Phi) is 4.88. The number of hydrogen-bond donors (Lipinski definition) is 0. The van der Waals surface area contributed by atoms with Gasteiger partial charge in [0.2, 0.25) is 0 Å². The van der Waals surface area contributed by atoms with Crippen LogP contribution in [0.1, 0.15) is 32.4 Å². The second kappa shape index (κ2) is 6.32. The van der Waals surface area contributed by atoms with Gasteiger partial charge in [-0.25, -0.2) is 9.18 Å². The molecule has 0 aliphatic carbocycles. The van der Waals surface area contributed by atoms with Gasteiger partial charge in [-0.2, -0.15) is 0 Å². The van der Waals surface area contributed by atoms with Gasteiger partial charge >= 0.3 is 6.09 Å². The molecule has 1 aliphatic rings. The van der Waals surface area contributed by atoms with Gasteiger partial charge in [-0.05, 0) is 32.9 Å². The lowest BCUT2D eigenvalue weighted by molar-refractivity contribution is -0.0443. The standard InChI is InChI=1S/C15H19BrFNO3/c1-15(2,3)21-14(19)18-6-7-20-13(9-18)11-5-4-10(16)8-12(11)17/h4-5,8,13H,6-7,9H2,1-3H3/t13-/m1/s1. The molecule has 1 aliphatic heterocycles. The Bertz CT molecular complexity index is 530. The number of carbonyl (C=O) groups is 1. The number of nitrogens with zero attached hydrogens (tertiary/aromatic N) is 1. The molecule has 0 saturated carbocycles. The van der Waals surface area contributed by atoms with Gasteiger partial charge < -0.3 is 14.4 Å². The highest BCUT2D eigenvalue weighted by Gasteiger charge is 2.30. The molecule has 1 aromatic carbocycles. The predicted molar refractivity (Wildman–Crippen MR) is 80.6 cm³/mol. The first kappa shape index (κ1) is 16.2. The number of benzene rings is 1. The fraction of sp³-hybridized carbons (Fsp3) is 0.533. The summed E-state index contributed by atoms with van der Waals surface area (Å²) in [5.41, 5.74) is -0.0974. The minimum Gasteiger partial charge on any atom is -0.444 e. The van der Waals surface area contributed by atoms with Crippen LogP contribution in [0, 0.1) is 5.82 Å². The van der Waals surface area contributed by atoms with Crippen molar-refractivity contribution in [2.24, 2.45) is 0 Å². The van der Waals surface area contributed by atoms with Gasteiger partial charge in [0, 0.05) is 16.6 Å². The highest BCUT2D eigenvalue weighted by molar-refractivity contribution is 9.10. The van der Waals surface area contributed by atoms with E-state index in [1.165, 1.54) is 6.07 Å². The van der Waals surface area contributed by atoms with Crippen molar-refractivity contribution in [3.05, 3.63) is 34.1 Å².